The van der Waals surface area contributed by atoms with E-state index in [9.17, 15) is 13.2 Å². The van der Waals surface area contributed by atoms with E-state index in [4.69, 9.17) is 4.42 Å². The second-order valence-corrected chi connectivity index (χ2v) is 7.37. The van der Waals surface area contributed by atoms with Crippen LogP contribution in [0.25, 0.3) is 22.6 Å². The largest absolute Gasteiger partial charge is 0.462 e. The summed E-state index contributed by atoms with van der Waals surface area (Å²) < 4.78 is 33.5. The summed E-state index contributed by atoms with van der Waals surface area (Å²) in [5.41, 5.74) is 1.85. The van der Waals surface area contributed by atoms with E-state index in [0.29, 0.717) is 17.0 Å². The van der Waals surface area contributed by atoms with Gasteiger partial charge in [0.05, 0.1) is 12.0 Å². The predicted octanol–water partition coefficient (Wildman–Crippen LogP) is 3.20. The molecule has 6 nitrogen and oxygen atoms in total. The molecule has 1 aromatic heterocycles. The van der Waals surface area contributed by atoms with Gasteiger partial charge in [-0.3, -0.25) is 0 Å². The number of sulfone groups is 1. The van der Waals surface area contributed by atoms with Gasteiger partial charge in [0.1, 0.15) is 5.69 Å². The number of carbonyl (C=O) groups excluding carboxylic acids is 1. The number of carbonyl (C=O) groups is 1. The predicted molar refractivity (Wildman–Crippen MR) is 91.8 cm³/mol. The minimum absolute atomic E-state index is 0.163. The number of ether oxygens (including phenoxy) is 1. The van der Waals surface area contributed by atoms with E-state index in [0.717, 1.165) is 11.8 Å². The van der Waals surface area contributed by atoms with E-state index in [1.807, 2.05) is 30.3 Å². The molecule has 128 valence electrons. The smallest absolute Gasteiger partial charge is 0.394 e. The van der Waals surface area contributed by atoms with Crippen molar-refractivity contribution in [3.8, 4) is 22.6 Å². The van der Waals surface area contributed by atoms with E-state index in [-0.39, 0.29) is 10.8 Å². The van der Waals surface area contributed by atoms with Crippen LogP contribution in [-0.4, -0.2) is 32.7 Å². The monoisotopic (exact) mass is 357 g/mol. The molecule has 0 bridgehead atoms. The van der Waals surface area contributed by atoms with Crippen LogP contribution >= 0.6 is 0 Å². The Labute approximate surface area is 145 Å². The van der Waals surface area contributed by atoms with Crippen LogP contribution in [0, 0.1) is 0 Å². The van der Waals surface area contributed by atoms with Gasteiger partial charge in [0.25, 0.3) is 0 Å². The molecule has 0 atom stereocenters. The molecule has 3 aromatic rings. The zero-order valence-electron chi connectivity index (χ0n) is 13.6. The third-order valence-electron chi connectivity index (χ3n) is 3.58. The third kappa shape index (κ3) is 3.46. The van der Waals surface area contributed by atoms with Gasteiger partial charge in [0.2, 0.25) is 0 Å². The maximum absolute atomic E-state index is 11.8. The lowest BCUT2D eigenvalue weighted by Crippen LogP contribution is -2.00. The van der Waals surface area contributed by atoms with Crippen molar-refractivity contribution in [1.29, 1.82) is 0 Å². The summed E-state index contributed by atoms with van der Waals surface area (Å²) in [6.45, 7) is 0. The van der Waals surface area contributed by atoms with Gasteiger partial charge in [-0.2, -0.15) is 0 Å². The summed E-state index contributed by atoms with van der Waals surface area (Å²) >= 11 is 0. The maximum Gasteiger partial charge on any atom is 0.394 e. The average molecular weight is 357 g/mol. The Morgan fingerprint density at radius 2 is 1.64 bits per heavy atom. The quantitative estimate of drug-likeness (QED) is 0.667. The summed E-state index contributed by atoms with van der Waals surface area (Å²) in [5, 5.41) is 0. The van der Waals surface area contributed by atoms with Crippen LogP contribution in [-0.2, 0) is 14.6 Å². The fraction of sp³-hybridized carbons (Fsp3) is 0.111. The summed E-state index contributed by atoms with van der Waals surface area (Å²) in [6, 6.07) is 15.4. The average Bonchev–Trinajstić information content (AvgIpc) is 3.06. The highest BCUT2D eigenvalue weighted by Crippen LogP contribution is 2.33. The first kappa shape index (κ1) is 16.9. The molecule has 0 saturated carbocycles. The summed E-state index contributed by atoms with van der Waals surface area (Å²) in [6.07, 6.45) is 1.14. The number of hydrogen-bond acceptors (Lipinski definition) is 6. The highest BCUT2D eigenvalue weighted by Gasteiger charge is 2.22. The van der Waals surface area contributed by atoms with E-state index >= 15 is 0 Å². The number of methoxy groups -OCH3 is 1. The Morgan fingerprint density at radius 1 is 1.00 bits per heavy atom. The van der Waals surface area contributed by atoms with Crippen LogP contribution in [0.3, 0.4) is 0 Å². The molecule has 0 fully saturated rings. The highest BCUT2D eigenvalue weighted by molar-refractivity contribution is 7.90. The summed E-state index contributed by atoms with van der Waals surface area (Å²) in [5.74, 6) is -0.480. The minimum atomic E-state index is -3.30. The Balaban J connectivity index is 2.14. The first-order valence-electron chi connectivity index (χ1n) is 7.35. The fourth-order valence-electron chi connectivity index (χ4n) is 2.34. The molecular formula is C18H15NO5S. The van der Waals surface area contributed by atoms with E-state index in [1.165, 1.54) is 19.2 Å². The molecule has 25 heavy (non-hydrogen) atoms. The zero-order chi connectivity index (χ0) is 18.0. The molecule has 3 rings (SSSR count). The van der Waals surface area contributed by atoms with Gasteiger partial charge in [0, 0.05) is 17.4 Å². The lowest BCUT2D eigenvalue weighted by atomic mass is 10.1. The number of nitrogens with zero attached hydrogens (tertiary/aromatic N) is 1. The first-order chi connectivity index (χ1) is 11.9. The second-order valence-electron chi connectivity index (χ2n) is 5.35. The van der Waals surface area contributed by atoms with Crippen molar-refractivity contribution in [2.45, 2.75) is 4.90 Å². The second kappa shape index (κ2) is 6.52. The number of hydrogen-bond donors (Lipinski definition) is 0. The van der Waals surface area contributed by atoms with Crippen LogP contribution < -0.4 is 0 Å². The SMILES string of the molecule is COC(=O)c1nc(-c2ccccc2)c(-c2ccc(S(C)(=O)=O)cc2)o1. The van der Waals surface area contributed by atoms with Crippen molar-refractivity contribution in [3.05, 3.63) is 60.5 Å². The van der Waals surface area contributed by atoms with E-state index < -0.39 is 15.8 Å². The fourth-order valence-corrected chi connectivity index (χ4v) is 2.97. The molecule has 0 N–H and O–H groups in total. The van der Waals surface area contributed by atoms with Crippen LogP contribution in [0.15, 0.2) is 63.9 Å². The van der Waals surface area contributed by atoms with E-state index in [1.54, 1.807) is 12.1 Å². The van der Waals surface area contributed by atoms with Gasteiger partial charge in [-0.15, -0.1) is 0 Å². The molecule has 0 aliphatic rings. The van der Waals surface area contributed by atoms with Crippen LogP contribution in [0.2, 0.25) is 0 Å². The third-order valence-corrected chi connectivity index (χ3v) is 4.71. The number of aromatic nitrogens is 1. The topological polar surface area (TPSA) is 86.5 Å². The van der Waals surface area contributed by atoms with Gasteiger partial charge >= 0.3 is 11.9 Å². The molecule has 2 aromatic carbocycles. The molecule has 0 saturated heterocycles. The number of oxazole rings is 1. The molecule has 7 heteroatoms. The van der Waals surface area contributed by atoms with E-state index in [2.05, 4.69) is 9.72 Å². The molecular weight excluding hydrogens is 342 g/mol. The van der Waals surface area contributed by atoms with Crippen molar-refractivity contribution < 1.29 is 22.4 Å². The van der Waals surface area contributed by atoms with Crippen LogP contribution in [0.5, 0.6) is 0 Å². The van der Waals surface area contributed by atoms with Gasteiger partial charge in [-0.25, -0.2) is 18.2 Å². The van der Waals surface area contributed by atoms with Crippen molar-refractivity contribution in [3.63, 3.8) is 0 Å². The summed E-state index contributed by atoms with van der Waals surface area (Å²) in [4.78, 5) is 16.2. The molecule has 0 spiro atoms. The Hall–Kier alpha value is -2.93. The molecule has 0 aliphatic carbocycles. The van der Waals surface area contributed by atoms with Crippen LogP contribution in [0.4, 0.5) is 0 Å². The first-order valence-corrected chi connectivity index (χ1v) is 9.24. The van der Waals surface area contributed by atoms with Gasteiger partial charge in [-0.1, -0.05) is 30.3 Å². The van der Waals surface area contributed by atoms with Gasteiger partial charge < -0.3 is 9.15 Å². The molecule has 1 heterocycles. The highest BCUT2D eigenvalue weighted by atomic mass is 32.2. The molecule has 0 unspecified atom stereocenters. The maximum atomic E-state index is 11.8. The van der Waals surface area contributed by atoms with Crippen molar-refractivity contribution in [1.82, 2.24) is 4.98 Å². The molecule has 0 aliphatic heterocycles. The summed E-state index contributed by atoms with van der Waals surface area (Å²) in [7, 11) is -2.05. The lowest BCUT2D eigenvalue weighted by molar-refractivity contribution is 0.0557. The molecule has 0 amide bonds. The Morgan fingerprint density at radius 3 is 2.20 bits per heavy atom. The number of esters is 1. The standard InChI is InChI=1S/C18H15NO5S/c1-23-18(20)17-19-15(12-6-4-3-5-7-12)16(24-17)13-8-10-14(11-9-13)25(2,21)22/h3-11H,1-2H3. The van der Waals surface area contributed by atoms with Crippen molar-refractivity contribution >= 4 is 15.8 Å². The number of rotatable bonds is 4. The number of benzene rings is 2. The van der Waals surface area contributed by atoms with Gasteiger partial charge in [0.15, 0.2) is 15.6 Å². The van der Waals surface area contributed by atoms with Crippen molar-refractivity contribution in [2.24, 2.45) is 0 Å². The Kier molecular flexibility index (Phi) is 4.41. The van der Waals surface area contributed by atoms with Crippen molar-refractivity contribution in [2.75, 3.05) is 13.4 Å². The Bertz CT molecular complexity index is 1010. The zero-order valence-corrected chi connectivity index (χ0v) is 14.4. The van der Waals surface area contributed by atoms with Crippen LogP contribution in [0.1, 0.15) is 10.7 Å². The van der Waals surface area contributed by atoms with Gasteiger partial charge in [-0.05, 0) is 24.3 Å². The molecule has 0 radical (unpaired) electrons. The lowest BCUT2D eigenvalue weighted by Gasteiger charge is -2.03. The normalized spacial score (nSPS) is 11.3. The minimum Gasteiger partial charge on any atom is -0.462 e.